The fourth-order valence-corrected chi connectivity index (χ4v) is 1.29. The van der Waals surface area contributed by atoms with Crippen molar-refractivity contribution in [3.63, 3.8) is 0 Å². The van der Waals surface area contributed by atoms with Gasteiger partial charge >= 0.3 is 0 Å². The molecule has 86 valence electrons. The third-order valence-electron chi connectivity index (χ3n) is 1.97. The van der Waals surface area contributed by atoms with Crippen molar-refractivity contribution in [2.75, 3.05) is 13.7 Å². The average molecular weight is 232 g/mol. The summed E-state index contributed by atoms with van der Waals surface area (Å²) in [5.41, 5.74) is 7.69. The molecule has 0 aromatic heterocycles. The van der Waals surface area contributed by atoms with Crippen molar-refractivity contribution in [1.82, 2.24) is 0 Å². The summed E-state index contributed by atoms with van der Waals surface area (Å²) in [4.78, 5) is 0. The van der Waals surface area contributed by atoms with E-state index in [9.17, 15) is 0 Å². The summed E-state index contributed by atoms with van der Waals surface area (Å²) in [7, 11) is 1.67. The maximum absolute atomic E-state index is 5.55. The predicted octanol–water partition coefficient (Wildman–Crippen LogP) is 2.11. The number of nitrogens with two attached hydrogens (primary N) is 1. The fourth-order valence-electron chi connectivity index (χ4n) is 1.29. The molecule has 1 rings (SSSR count). The lowest BCUT2D eigenvalue weighted by molar-refractivity contribution is 0.180. The summed E-state index contributed by atoms with van der Waals surface area (Å²) in [6.45, 7) is 3.73. The molecule has 0 aliphatic rings. The van der Waals surface area contributed by atoms with Gasteiger partial charge in [0.2, 0.25) is 0 Å². The number of benzene rings is 1. The van der Waals surface area contributed by atoms with Gasteiger partial charge in [0.25, 0.3) is 0 Å². The monoisotopic (exact) mass is 231 g/mol. The van der Waals surface area contributed by atoms with Gasteiger partial charge in [0.05, 0.1) is 13.2 Å². The Bertz CT molecular complexity index is 292. The van der Waals surface area contributed by atoms with Gasteiger partial charge in [-0.15, -0.1) is 12.4 Å². The molecule has 0 bridgehead atoms. The molecule has 0 atom stereocenters. The van der Waals surface area contributed by atoms with Crippen LogP contribution in [-0.2, 0) is 17.9 Å². The molecule has 1 aromatic carbocycles. The van der Waals surface area contributed by atoms with E-state index in [2.05, 4.69) is 0 Å². The molecule has 0 aliphatic heterocycles. The van der Waals surface area contributed by atoms with Gasteiger partial charge in [0.15, 0.2) is 0 Å². The van der Waals surface area contributed by atoms with Crippen molar-refractivity contribution in [1.29, 1.82) is 0 Å². The number of rotatable bonds is 5. The van der Waals surface area contributed by atoms with Crippen LogP contribution in [0.15, 0.2) is 18.2 Å². The Morgan fingerprint density at radius 1 is 1.33 bits per heavy atom. The predicted molar refractivity (Wildman–Crippen MR) is 63.5 cm³/mol. The third kappa shape index (κ3) is 4.08. The summed E-state index contributed by atoms with van der Waals surface area (Å²) in [6, 6.07) is 5.96. The van der Waals surface area contributed by atoms with Gasteiger partial charge in [-0.25, -0.2) is 0 Å². The van der Waals surface area contributed by atoms with Crippen molar-refractivity contribution in [3.8, 4) is 5.75 Å². The molecular weight excluding hydrogens is 214 g/mol. The molecule has 0 amide bonds. The SMILES string of the molecule is CCOc1cc(CN)ccc1COC.Cl. The Balaban J connectivity index is 0.00000196. The summed E-state index contributed by atoms with van der Waals surface area (Å²) in [6.07, 6.45) is 0. The minimum Gasteiger partial charge on any atom is -0.493 e. The van der Waals surface area contributed by atoms with Gasteiger partial charge in [-0.2, -0.15) is 0 Å². The van der Waals surface area contributed by atoms with Crippen LogP contribution in [0.4, 0.5) is 0 Å². The molecule has 0 fully saturated rings. The maximum atomic E-state index is 5.55. The molecule has 0 spiro atoms. The molecule has 2 N–H and O–H groups in total. The van der Waals surface area contributed by atoms with E-state index in [4.69, 9.17) is 15.2 Å². The largest absolute Gasteiger partial charge is 0.493 e. The highest BCUT2D eigenvalue weighted by atomic mass is 35.5. The first-order valence-corrected chi connectivity index (χ1v) is 4.75. The Morgan fingerprint density at radius 2 is 2.07 bits per heavy atom. The van der Waals surface area contributed by atoms with Crippen molar-refractivity contribution in [2.45, 2.75) is 20.1 Å². The van der Waals surface area contributed by atoms with Crippen LogP contribution >= 0.6 is 12.4 Å². The second kappa shape index (κ2) is 7.51. The molecule has 3 nitrogen and oxygen atoms in total. The molecule has 0 saturated carbocycles. The summed E-state index contributed by atoms with van der Waals surface area (Å²) in [5, 5.41) is 0. The van der Waals surface area contributed by atoms with E-state index >= 15 is 0 Å². The van der Waals surface area contributed by atoms with Crippen molar-refractivity contribution in [2.24, 2.45) is 5.73 Å². The molecule has 4 heteroatoms. The Labute approximate surface area is 97.0 Å². The van der Waals surface area contributed by atoms with Gasteiger partial charge in [0.1, 0.15) is 5.75 Å². The van der Waals surface area contributed by atoms with E-state index in [1.54, 1.807) is 7.11 Å². The van der Waals surface area contributed by atoms with E-state index in [0.717, 1.165) is 16.9 Å². The highest BCUT2D eigenvalue weighted by Gasteiger charge is 2.03. The number of halogens is 1. The Morgan fingerprint density at radius 3 is 2.60 bits per heavy atom. The first-order valence-electron chi connectivity index (χ1n) is 4.75. The zero-order valence-corrected chi connectivity index (χ0v) is 9.97. The van der Waals surface area contributed by atoms with Gasteiger partial charge in [0, 0.05) is 19.2 Å². The number of hydrogen-bond donors (Lipinski definition) is 1. The molecule has 0 saturated heterocycles. The lowest BCUT2D eigenvalue weighted by Crippen LogP contribution is -2.01. The minimum atomic E-state index is 0. The van der Waals surface area contributed by atoms with E-state index < -0.39 is 0 Å². The van der Waals surface area contributed by atoms with Crippen molar-refractivity contribution >= 4 is 12.4 Å². The first kappa shape index (κ1) is 14.2. The third-order valence-corrected chi connectivity index (χ3v) is 1.97. The molecule has 0 heterocycles. The van der Waals surface area contributed by atoms with Gasteiger partial charge in [-0.3, -0.25) is 0 Å². The van der Waals surface area contributed by atoms with Crippen LogP contribution in [0.25, 0.3) is 0 Å². The van der Waals surface area contributed by atoms with E-state index in [1.165, 1.54) is 0 Å². The number of methoxy groups -OCH3 is 1. The average Bonchev–Trinajstić information content (AvgIpc) is 2.21. The van der Waals surface area contributed by atoms with Crippen LogP contribution in [-0.4, -0.2) is 13.7 Å². The normalized spacial score (nSPS) is 9.53. The fraction of sp³-hybridized carbons (Fsp3) is 0.455. The highest BCUT2D eigenvalue weighted by Crippen LogP contribution is 2.21. The second-order valence-electron chi connectivity index (χ2n) is 3.01. The lowest BCUT2D eigenvalue weighted by atomic mass is 10.1. The number of ether oxygens (including phenoxy) is 2. The van der Waals surface area contributed by atoms with Crippen LogP contribution in [0.1, 0.15) is 18.1 Å². The molecule has 0 aliphatic carbocycles. The second-order valence-corrected chi connectivity index (χ2v) is 3.01. The van der Waals surface area contributed by atoms with E-state index in [0.29, 0.717) is 19.8 Å². The molecule has 1 aromatic rings. The zero-order chi connectivity index (χ0) is 10.4. The summed E-state index contributed by atoms with van der Waals surface area (Å²) >= 11 is 0. The van der Waals surface area contributed by atoms with Crippen LogP contribution in [0.5, 0.6) is 5.75 Å². The van der Waals surface area contributed by atoms with E-state index in [1.807, 2.05) is 25.1 Å². The molecular formula is C11H18ClNO2. The quantitative estimate of drug-likeness (QED) is 0.844. The Hall–Kier alpha value is -0.770. The van der Waals surface area contributed by atoms with Gasteiger partial charge in [-0.05, 0) is 18.6 Å². The topological polar surface area (TPSA) is 44.5 Å². The summed E-state index contributed by atoms with van der Waals surface area (Å²) < 4.78 is 10.6. The smallest absolute Gasteiger partial charge is 0.125 e. The van der Waals surface area contributed by atoms with Crippen LogP contribution < -0.4 is 10.5 Å². The van der Waals surface area contributed by atoms with Crippen molar-refractivity contribution < 1.29 is 9.47 Å². The molecule has 0 unspecified atom stereocenters. The van der Waals surface area contributed by atoms with Crippen LogP contribution in [0.2, 0.25) is 0 Å². The van der Waals surface area contributed by atoms with E-state index in [-0.39, 0.29) is 12.4 Å². The molecule has 15 heavy (non-hydrogen) atoms. The number of hydrogen-bond acceptors (Lipinski definition) is 3. The highest BCUT2D eigenvalue weighted by molar-refractivity contribution is 5.85. The maximum Gasteiger partial charge on any atom is 0.125 e. The van der Waals surface area contributed by atoms with Gasteiger partial charge < -0.3 is 15.2 Å². The van der Waals surface area contributed by atoms with Crippen LogP contribution in [0.3, 0.4) is 0 Å². The standard InChI is InChI=1S/C11H17NO2.ClH/c1-3-14-11-6-9(7-12)4-5-10(11)8-13-2;/h4-6H,3,7-8,12H2,1-2H3;1H. The zero-order valence-electron chi connectivity index (χ0n) is 9.16. The Kier molecular flexibility index (Phi) is 7.13. The van der Waals surface area contributed by atoms with Crippen LogP contribution in [0, 0.1) is 0 Å². The minimum absolute atomic E-state index is 0. The first-order chi connectivity index (χ1) is 6.81. The lowest BCUT2D eigenvalue weighted by Gasteiger charge is -2.10. The van der Waals surface area contributed by atoms with Crippen molar-refractivity contribution in [3.05, 3.63) is 29.3 Å². The molecule has 0 radical (unpaired) electrons. The van der Waals surface area contributed by atoms with Gasteiger partial charge in [-0.1, -0.05) is 12.1 Å². The summed E-state index contributed by atoms with van der Waals surface area (Å²) in [5.74, 6) is 0.872.